The summed E-state index contributed by atoms with van der Waals surface area (Å²) in [5, 5.41) is 6.29. The quantitative estimate of drug-likeness (QED) is 0.671. The first-order chi connectivity index (χ1) is 12.5. The highest BCUT2D eigenvalue weighted by molar-refractivity contribution is 6.32. The second-order valence-corrected chi connectivity index (χ2v) is 5.80. The number of carbonyl (C=O) groups is 1. The van der Waals surface area contributed by atoms with Crippen LogP contribution in [0, 0.1) is 5.82 Å². The topological polar surface area (TPSA) is 63.2 Å². The van der Waals surface area contributed by atoms with Crippen molar-refractivity contribution in [2.24, 2.45) is 0 Å². The Bertz CT molecular complexity index is 932. The van der Waals surface area contributed by atoms with Gasteiger partial charge in [0.05, 0.1) is 29.6 Å². The summed E-state index contributed by atoms with van der Waals surface area (Å²) < 4.78 is 18.1. The molecule has 0 saturated heterocycles. The number of hydrogen-bond donors (Lipinski definition) is 2. The van der Waals surface area contributed by atoms with E-state index >= 15 is 0 Å². The van der Waals surface area contributed by atoms with Crippen LogP contribution in [0.1, 0.15) is 10.4 Å². The van der Waals surface area contributed by atoms with Gasteiger partial charge in [-0.1, -0.05) is 11.6 Å². The molecule has 7 heteroatoms. The average molecular weight is 372 g/mol. The number of halogens is 2. The number of amides is 1. The number of nitrogens with one attached hydrogen (secondary N) is 2. The molecular weight excluding hydrogens is 357 g/mol. The molecule has 3 rings (SSSR count). The molecule has 0 unspecified atom stereocenters. The molecule has 0 aliphatic heterocycles. The SMILES string of the molecule is COc1ccc(Nc2cncc(C(=O)Nc3ccc(F)cc3)c2)cc1Cl. The minimum atomic E-state index is -0.367. The lowest BCUT2D eigenvalue weighted by molar-refractivity contribution is 0.102. The van der Waals surface area contributed by atoms with Crippen molar-refractivity contribution in [1.82, 2.24) is 4.98 Å². The lowest BCUT2D eigenvalue weighted by Crippen LogP contribution is -2.12. The van der Waals surface area contributed by atoms with Crippen LogP contribution in [0.3, 0.4) is 0 Å². The van der Waals surface area contributed by atoms with Crippen LogP contribution in [0.25, 0.3) is 0 Å². The van der Waals surface area contributed by atoms with Crippen molar-refractivity contribution >= 4 is 34.6 Å². The minimum Gasteiger partial charge on any atom is -0.495 e. The maximum absolute atomic E-state index is 12.9. The number of rotatable bonds is 5. The van der Waals surface area contributed by atoms with E-state index in [9.17, 15) is 9.18 Å². The van der Waals surface area contributed by atoms with Crippen LogP contribution in [-0.2, 0) is 0 Å². The zero-order chi connectivity index (χ0) is 18.5. The highest BCUT2D eigenvalue weighted by Gasteiger charge is 2.09. The van der Waals surface area contributed by atoms with Crippen LogP contribution in [-0.4, -0.2) is 18.0 Å². The van der Waals surface area contributed by atoms with E-state index in [2.05, 4.69) is 15.6 Å². The number of pyridine rings is 1. The molecule has 3 aromatic rings. The van der Waals surface area contributed by atoms with Gasteiger partial charge in [-0.2, -0.15) is 0 Å². The molecule has 26 heavy (non-hydrogen) atoms. The predicted molar refractivity (Wildman–Crippen MR) is 99.9 cm³/mol. The van der Waals surface area contributed by atoms with E-state index < -0.39 is 0 Å². The summed E-state index contributed by atoms with van der Waals surface area (Å²) >= 11 is 6.11. The summed E-state index contributed by atoms with van der Waals surface area (Å²) in [4.78, 5) is 16.4. The molecule has 0 spiro atoms. The molecule has 0 aliphatic carbocycles. The summed E-state index contributed by atoms with van der Waals surface area (Å²) in [7, 11) is 1.54. The fourth-order valence-electron chi connectivity index (χ4n) is 2.28. The van der Waals surface area contributed by atoms with Crippen molar-refractivity contribution in [2.45, 2.75) is 0 Å². The maximum atomic E-state index is 12.9. The molecule has 1 aromatic heterocycles. The Labute approximate surface area is 154 Å². The summed E-state index contributed by atoms with van der Waals surface area (Å²) in [5.41, 5.74) is 2.21. The van der Waals surface area contributed by atoms with Crippen molar-refractivity contribution < 1.29 is 13.9 Å². The molecule has 5 nitrogen and oxygen atoms in total. The van der Waals surface area contributed by atoms with Gasteiger partial charge in [0.2, 0.25) is 0 Å². The summed E-state index contributed by atoms with van der Waals surface area (Å²) in [6.45, 7) is 0. The van der Waals surface area contributed by atoms with Gasteiger partial charge in [0, 0.05) is 17.6 Å². The molecule has 1 amide bonds. The van der Waals surface area contributed by atoms with Gasteiger partial charge in [-0.25, -0.2) is 4.39 Å². The van der Waals surface area contributed by atoms with Crippen molar-refractivity contribution in [1.29, 1.82) is 0 Å². The predicted octanol–water partition coefficient (Wildman–Crippen LogP) is 4.88. The van der Waals surface area contributed by atoms with E-state index in [1.165, 1.54) is 30.5 Å². The number of methoxy groups -OCH3 is 1. The number of anilines is 3. The Hall–Kier alpha value is -3.12. The van der Waals surface area contributed by atoms with E-state index in [-0.39, 0.29) is 11.7 Å². The number of benzene rings is 2. The number of aromatic nitrogens is 1. The Balaban J connectivity index is 1.74. The fraction of sp³-hybridized carbons (Fsp3) is 0.0526. The van der Waals surface area contributed by atoms with Crippen LogP contribution >= 0.6 is 11.6 Å². The second-order valence-electron chi connectivity index (χ2n) is 5.40. The number of ether oxygens (including phenoxy) is 1. The molecule has 0 atom stereocenters. The van der Waals surface area contributed by atoms with Gasteiger partial charge in [-0.05, 0) is 48.5 Å². The smallest absolute Gasteiger partial charge is 0.257 e. The first-order valence-electron chi connectivity index (χ1n) is 7.67. The molecule has 2 N–H and O–H groups in total. The van der Waals surface area contributed by atoms with Crippen molar-refractivity contribution in [3.8, 4) is 5.75 Å². The van der Waals surface area contributed by atoms with Crippen LogP contribution in [0.2, 0.25) is 5.02 Å². The van der Waals surface area contributed by atoms with Crippen LogP contribution < -0.4 is 15.4 Å². The standard InChI is InChI=1S/C19H15ClFN3O2/c1-26-18-7-6-15(9-17(18)20)23-16-8-12(10-22-11-16)19(25)24-14-4-2-13(21)3-5-14/h2-11,23H,1H3,(H,24,25). The normalized spacial score (nSPS) is 10.3. The zero-order valence-corrected chi connectivity index (χ0v) is 14.5. The Morgan fingerprint density at radius 3 is 2.46 bits per heavy atom. The first kappa shape index (κ1) is 17.7. The summed E-state index contributed by atoms with van der Waals surface area (Å²) in [6, 6.07) is 12.4. The molecule has 0 fully saturated rings. The fourth-order valence-corrected chi connectivity index (χ4v) is 2.54. The lowest BCUT2D eigenvalue weighted by atomic mass is 10.2. The van der Waals surface area contributed by atoms with Crippen molar-refractivity contribution in [3.05, 3.63) is 77.3 Å². The lowest BCUT2D eigenvalue weighted by Gasteiger charge is -2.10. The second kappa shape index (κ2) is 7.84. The highest BCUT2D eigenvalue weighted by atomic mass is 35.5. The van der Waals surface area contributed by atoms with E-state index in [0.29, 0.717) is 27.7 Å². The van der Waals surface area contributed by atoms with Gasteiger partial charge in [0.15, 0.2) is 0 Å². The number of nitrogens with zero attached hydrogens (tertiary/aromatic N) is 1. The molecule has 1 heterocycles. The third-order valence-corrected chi connectivity index (χ3v) is 3.84. The molecule has 0 aliphatic rings. The first-order valence-corrected chi connectivity index (χ1v) is 8.05. The third kappa shape index (κ3) is 4.29. The van der Waals surface area contributed by atoms with Crippen LogP contribution in [0.5, 0.6) is 5.75 Å². The molecule has 2 aromatic carbocycles. The van der Waals surface area contributed by atoms with Gasteiger partial charge >= 0.3 is 0 Å². The maximum Gasteiger partial charge on any atom is 0.257 e. The van der Waals surface area contributed by atoms with E-state index in [0.717, 1.165) is 5.69 Å². The number of hydrogen-bond acceptors (Lipinski definition) is 4. The minimum absolute atomic E-state index is 0.347. The summed E-state index contributed by atoms with van der Waals surface area (Å²) in [6.07, 6.45) is 3.04. The Morgan fingerprint density at radius 2 is 1.77 bits per heavy atom. The van der Waals surface area contributed by atoms with E-state index in [4.69, 9.17) is 16.3 Å². The molecule has 132 valence electrons. The van der Waals surface area contributed by atoms with Crippen LogP contribution in [0.4, 0.5) is 21.5 Å². The van der Waals surface area contributed by atoms with Gasteiger partial charge in [-0.15, -0.1) is 0 Å². The Kier molecular flexibility index (Phi) is 5.34. The average Bonchev–Trinajstić information content (AvgIpc) is 2.64. The molecule has 0 bridgehead atoms. The summed E-state index contributed by atoms with van der Waals surface area (Å²) in [5.74, 6) is -0.141. The number of carbonyl (C=O) groups excluding carboxylic acids is 1. The van der Waals surface area contributed by atoms with Gasteiger partial charge < -0.3 is 15.4 Å². The van der Waals surface area contributed by atoms with E-state index in [1.807, 2.05) is 0 Å². The van der Waals surface area contributed by atoms with Gasteiger partial charge in [0.1, 0.15) is 11.6 Å². The zero-order valence-electron chi connectivity index (χ0n) is 13.8. The third-order valence-electron chi connectivity index (χ3n) is 3.54. The largest absolute Gasteiger partial charge is 0.495 e. The molecule has 0 saturated carbocycles. The van der Waals surface area contributed by atoms with E-state index in [1.54, 1.807) is 37.6 Å². The van der Waals surface area contributed by atoms with Crippen molar-refractivity contribution in [2.75, 3.05) is 17.7 Å². The monoisotopic (exact) mass is 371 g/mol. The van der Waals surface area contributed by atoms with Gasteiger partial charge in [0.25, 0.3) is 5.91 Å². The van der Waals surface area contributed by atoms with Crippen LogP contribution in [0.15, 0.2) is 60.9 Å². The Morgan fingerprint density at radius 1 is 1.04 bits per heavy atom. The molecule has 0 radical (unpaired) electrons. The van der Waals surface area contributed by atoms with Gasteiger partial charge in [-0.3, -0.25) is 9.78 Å². The van der Waals surface area contributed by atoms with Crippen molar-refractivity contribution in [3.63, 3.8) is 0 Å². The highest BCUT2D eigenvalue weighted by Crippen LogP contribution is 2.28. The molecular formula is C19H15ClFN3O2.